The molecule has 0 saturated heterocycles. The SMILES string of the molecule is CCC(C)N(C)C(=O)c1csc(C#CCCO)c1. The molecule has 1 aromatic heterocycles. The smallest absolute Gasteiger partial charge is 0.254 e. The number of nitrogens with zero attached hydrogens (tertiary/aromatic N) is 1. The Morgan fingerprint density at radius 2 is 2.33 bits per heavy atom. The first kappa shape index (κ1) is 14.7. The zero-order valence-electron chi connectivity index (χ0n) is 11.1. The molecule has 1 heterocycles. The number of carbonyl (C=O) groups excluding carboxylic acids is 1. The molecule has 0 aliphatic carbocycles. The van der Waals surface area contributed by atoms with Gasteiger partial charge in [0.05, 0.1) is 17.0 Å². The Balaban J connectivity index is 2.74. The molecule has 1 amide bonds. The minimum atomic E-state index is 0.0378. The Kier molecular flexibility index (Phi) is 5.90. The van der Waals surface area contributed by atoms with Crippen LogP contribution >= 0.6 is 11.3 Å². The predicted octanol–water partition coefficient (Wildman–Crippen LogP) is 2.35. The van der Waals surface area contributed by atoms with Crippen molar-refractivity contribution in [2.75, 3.05) is 13.7 Å². The number of aliphatic hydroxyl groups excluding tert-OH is 1. The summed E-state index contributed by atoms with van der Waals surface area (Å²) in [5.74, 6) is 5.83. The molecule has 18 heavy (non-hydrogen) atoms. The lowest BCUT2D eigenvalue weighted by molar-refractivity contribution is 0.0741. The maximum atomic E-state index is 12.1. The van der Waals surface area contributed by atoms with Gasteiger partial charge in [-0.3, -0.25) is 4.79 Å². The molecule has 1 rings (SSSR count). The van der Waals surface area contributed by atoms with Crippen molar-refractivity contribution >= 4 is 17.2 Å². The van der Waals surface area contributed by atoms with Crippen molar-refractivity contribution in [2.45, 2.75) is 32.7 Å². The highest BCUT2D eigenvalue weighted by Crippen LogP contribution is 2.16. The highest BCUT2D eigenvalue weighted by molar-refractivity contribution is 7.10. The van der Waals surface area contributed by atoms with Crippen molar-refractivity contribution in [3.8, 4) is 11.8 Å². The maximum Gasteiger partial charge on any atom is 0.254 e. The number of amides is 1. The summed E-state index contributed by atoms with van der Waals surface area (Å²) in [5, 5.41) is 10.5. The zero-order chi connectivity index (χ0) is 13.5. The average Bonchev–Trinajstić information content (AvgIpc) is 2.85. The second-order valence-corrected chi connectivity index (χ2v) is 5.06. The van der Waals surface area contributed by atoms with Gasteiger partial charge in [0.15, 0.2) is 0 Å². The van der Waals surface area contributed by atoms with E-state index in [4.69, 9.17) is 5.11 Å². The van der Waals surface area contributed by atoms with Crippen molar-refractivity contribution in [1.29, 1.82) is 0 Å². The largest absolute Gasteiger partial charge is 0.395 e. The average molecular weight is 265 g/mol. The van der Waals surface area contributed by atoms with Crippen LogP contribution in [0.4, 0.5) is 0 Å². The number of hydrogen-bond acceptors (Lipinski definition) is 3. The summed E-state index contributed by atoms with van der Waals surface area (Å²) in [6.45, 7) is 4.17. The lowest BCUT2D eigenvalue weighted by Gasteiger charge is -2.23. The first-order valence-corrected chi connectivity index (χ1v) is 6.93. The molecule has 0 saturated carbocycles. The Hall–Kier alpha value is -1.31. The van der Waals surface area contributed by atoms with Gasteiger partial charge in [0.25, 0.3) is 5.91 Å². The summed E-state index contributed by atoms with van der Waals surface area (Å²) in [5.41, 5.74) is 0.691. The molecule has 0 fully saturated rings. The highest BCUT2D eigenvalue weighted by Gasteiger charge is 2.17. The molecule has 1 atom stereocenters. The van der Waals surface area contributed by atoms with E-state index < -0.39 is 0 Å². The van der Waals surface area contributed by atoms with Crippen molar-refractivity contribution in [3.63, 3.8) is 0 Å². The molecular formula is C14H19NO2S. The van der Waals surface area contributed by atoms with Crippen LogP contribution in [0.3, 0.4) is 0 Å². The number of carbonyl (C=O) groups is 1. The van der Waals surface area contributed by atoms with Crippen LogP contribution in [0.15, 0.2) is 11.4 Å². The molecule has 98 valence electrons. The zero-order valence-corrected chi connectivity index (χ0v) is 11.9. The standard InChI is InChI=1S/C14H19NO2S/c1-4-11(2)15(3)14(17)12-9-13(18-10-12)7-5-6-8-16/h9-11,16H,4,6,8H2,1-3H3. The number of thiophene rings is 1. The Labute approximate surface area is 112 Å². The second-order valence-electron chi connectivity index (χ2n) is 4.15. The summed E-state index contributed by atoms with van der Waals surface area (Å²) >= 11 is 1.46. The predicted molar refractivity (Wildman–Crippen MR) is 74.7 cm³/mol. The van der Waals surface area contributed by atoms with Gasteiger partial charge in [0, 0.05) is 24.9 Å². The summed E-state index contributed by atoms with van der Waals surface area (Å²) in [6, 6.07) is 2.05. The molecule has 0 aliphatic rings. The van der Waals surface area contributed by atoms with E-state index in [2.05, 4.69) is 18.8 Å². The van der Waals surface area contributed by atoms with Crippen LogP contribution in [0.5, 0.6) is 0 Å². The molecule has 0 spiro atoms. The van der Waals surface area contributed by atoms with Crippen LogP contribution < -0.4 is 0 Å². The van der Waals surface area contributed by atoms with Crippen molar-refractivity contribution in [3.05, 3.63) is 21.9 Å². The summed E-state index contributed by atoms with van der Waals surface area (Å²) < 4.78 is 0. The molecule has 1 aromatic rings. The van der Waals surface area contributed by atoms with E-state index in [1.165, 1.54) is 11.3 Å². The molecule has 3 nitrogen and oxygen atoms in total. The van der Waals surface area contributed by atoms with E-state index in [0.29, 0.717) is 12.0 Å². The molecule has 1 N–H and O–H groups in total. The summed E-state index contributed by atoms with van der Waals surface area (Å²) in [7, 11) is 1.82. The fourth-order valence-electron chi connectivity index (χ4n) is 1.40. The van der Waals surface area contributed by atoms with Crippen LogP contribution in [-0.2, 0) is 0 Å². The van der Waals surface area contributed by atoms with Gasteiger partial charge >= 0.3 is 0 Å². The number of hydrogen-bond donors (Lipinski definition) is 1. The number of aliphatic hydroxyl groups is 1. The lowest BCUT2D eigenvalue weighted by Crippen LogP contribution is -2.34. The van der Waals surface area contributed by atoms with Crippen LogP contribution in [0.25, 0.3) is 0 Å². The van der Waals surface area contributed by atoms with Gasteiger partial charge < -0.3 is 10.0 Å². The van der Waals surface area contributed by atoms with Crippen molar-refractivity contribution < 1.29 is 9.90 Å². The minimum Gasteiger partial charge on any atom is -0.395 e. The lowest BCUT2D eigenvalue weighted by atomic mass is 10.2. The third-order valence-corrected chi connectivity index (χ3v) is 3.71. The first-order valence-electron chi connectivity index (χ1n) is 6.05. The normalized spacial score (nSPS) is 11.6. The van der Waals surface area contributed by atoms with Crippen LogP contribution in [-0.4, -0.2) is 35.6 Å². The quantitative estimate of drug-likeness (QED) is 0.849. The monoisotopic (exact) mass is 265 g/mol. The molecular weight excluding hydrogens is 246 g/mol. The van der Waals surface area contributed by atoms with Gasteiger partial charge in [-0.25, -0.2) is 0 Å². The van der Waals surface area contributed by atoms with Gasteiger partial charge in [-0.05, 0) is 19.4 Å². The maximum absolute atomic E-state index is 12.1. The van der Waals surface area contributed by atoms with E-state index in [0.717, 1.165) is 11.3 Å². The van der Waals surface area contributed by atoms with E-state index in [-0.39, 0.29) is 18.6 Å². The molecule has 4 heteroatoms. The Morgan fingerprint density at radius 3 is 2.94 bits per heavy atom. The van der Waals surface area contributed by atoms with Gasteiger partial charge in [0.1, 0.15) is 0 Å². The molecule has 0 aliphatic heterocycles. The number of rotatable bonds is 4. The van der Waals surface area contributed by atoms with Crippen LogP contribution in [0.1, 0.15) is 41.9 Å². The molecule has 0 aromatic carbocycles. The molecule has 1 unspecified atom stereocenters. The van der Waals surface area contributed by atoms with E-state index in [1.54, 1.807) is 4.90 Å². The van der Waals surface area contributed by atoms with E-state index >= 15 is 0 Å². The highest BCUT2D eigenvalue weighted by atomic mass is 32.1. The van der Waals surface area contributed by atoms with Gasteiger partial charge in [-0.2, -0.15) is 0 Å². The third-order valence-electron chi connectivity index (χ3n) is 2.87. The summed E-state index contributed by atoms with van der Waals surface area (Å²) in [6.07, 6.45) is 1.41. The minimum absolute atomic E-state index is 0.0378. The van der Waals surface area contributed by atoms with E-state index in [1.807, 2.05) is 25.4 Å². The van der Waals surface area contributed by atoms with Crippen LogP contribution in [0.2, 0.25) is 0 Å². The van der Waals surface area contributed by atoms with E-state index in [9.17, 15) is 4.79 Å². The second kappa shape index (κ2) is 7.20. The van der Waals surface area contributed by atoms with Crippen molar-refractivity contribution in [1.82, 2.24) is 4.90 Å². The van der Waals surface area contributed by atoms with Gasteiger partial charge in [0.2, 0.25) is 0 Å². The first-order chi connectivity index (χ1) is 8.60. The topological polar surface area (TPSA) is 40.5 Å². The van der Waals surface area contributed by atoms with Gasteiger partial charge in [-0.15, -0.1) is 11.3 Å². The molecule has 0 bridgehead atoms. The van der Waals surface area contributed by atoms with Crippen molar-refractivity contribution in [2.24, 2.45) is 0 Å². The van der Waals surface area contributed by atoms with Gasteiger partial charge in [-0.1, -0.05) is 18.8 Å². The van der Waals surface area contributed by atoms with Crippen LogP contribution in [0, 0.1) is 11.8 Å². The Bertz CT molecular complexity index is 456. The summed E-state index contributed by atoms with van der Waals surface area (Å²) in [4.78, 5) is 14.8. The molecule has 0 radical (unpaired) electrons. The third kappa shape index (κ3) is 3.86. The Morgan fingerprint density at radius 1 is 1.61 bits per heavy atom. The fraction of sp³-hybridized carbons (Fsp3) is 0.500. The fourth-order valence-corrected chi connectivity index (χ4v) is 2.15.